The molecule has 0 aliphatic rings. The smallest absolute Gasteiger partial charge is 0.130 e. The van der Waals surface area contributed by atoms with Crippen molar-refractivity contribution in [1.29, 1.82) is 0 Å². The minimum atomic E-state index is -0.275. The largest absolute Gasteiger partial charge is 0.457 e. The van der Waals surface area contributed by atoms with Crippen molar-refractivity contribution in [3.05, 3.63) is 57.8 Å². The van der Waals surface area contributed by atoms with Crippen LogP contribution in [0.4, 0.5) is 4.39 Å². The molecule has 2 aromatic rings. The van der Waals surface area contributed by atoms with E-state index in [1.165, 1.54) is 12.1 Å². The minimum absolute atomic E-state index is 0.275. The van der Waals surface area contributed by atoms with E-state index in [2.05, 4.69) is 15.9 Å². The number of ether oxygens (including phenoxy) is 1. The quantitative estimate of drug-likeness (QED) is 0.915. The van der Waals surface area contributed by atoms with Crippen molar-refractivity contribution in [3.63, 3.8) is 0 Å². The molecule has 0 amide bonds. The van der Waals surface area contributed by atoms with E-state index >= 15 is 0 Å². The highest BCUT2D eigenvalue weighted by atomic mass is 79.9. The molecule has 0 aromatic heterocycles. The first-order valence-electron chi connectivity index (χ1n) is 6.02. The Morgan fingerprint density at radius 3 is 2.68 bits per heavy atom. The number of nitrogens with two attached hydrogens (primary N) is 1. The molecular weight excluding hydrogens is 309 g/mol. The van der Waals surface area contributed by atoms with Gasteiger partial charge in [-0.25, -0.2) is 4.39 Å². The second kappa shape index (κ2) is 6.17. The van der Waals surface area contributed by atoms with Crippen LogP contribution in [0.2, 0.25) is 0 Å². The molecule has 0 bridgehead atoms. The first-order chi connectivity index (χ1) is 9.10. The molecule has 0 heterocycles. The van der Waals surface area contributed by atoms with Gasteiger partial charge >= 0.3 is 0 Å². The van der Waals surface area contributed by atoms with Crippen molar-refractivity contribution in [2.75, 3.05) is 6.54 Å². The molecule has 100 valence electrons. The molecule has 0 unspecified atom stereocenters. The van der Waals surface area contributed by atoms with Crippen LogP contribution in [-0.4, -0.2) is 6.54 Å². The fourth-order valence-corrected chi connectivity index (χ4v) is 2.05. The molecule has 0 saturated carbocycles. The third-order valence-corrected chi connectivity index (χ3v) is 3.68. The molecule has 2 N–H and O–H groups in total. The fourth-order valence-electron chi connectivity index (χ4n) is 1.81. The monoisotopic (exact) mass is 323 g/mol. The van der Waals surface area contributed by atoms with Crippen molar-refractivity contribution in [3.8, 4) is 11.5 Å². The van der Waals surface area contributed by atoms with Gasteiger partial charge in [0, 0.05) is 4.47 Å². The van der Waals surface area contributed by atoms with Crippen molar-refractivity contribution < 1.29 is 9.13 Å². The van der Waals surface area contributed by atoms with E-state index in [-0.39, 0.29) is 5.82 Å². The van der Waals surface area contributed by atoms with E-state index in [9.17, 15) is 4.39 Å². The second-order valence-corrected chi connectivity index (χ2v) is 5.16. The number of halogens is 2. The molecule has 0 atom stereocenters. The van der Waals surface area contributed by atoms with Gasteiger partial charge in [0.25, 0.3) is 0 Å². The van der Waals surface area contributed by atoms with Gasteiger partial charge in [0.2, 0.25) is 0 Å². The summed E-state index contributed by atoms with van der Waals surface area (Å²) in [7, 11) is 0. The lowest BCUT2D eigenvalue weighted by atomic mass is 10.1. The van der Waals surface area contributed by atoms with Crippen molar-refractivity contribution in [2.24, 2.45) is 5.73 Å². The van der Waals surface area contributed by atoms with Gasteiger partial charge in [0.15, 0.2) is 0 Å². The topological polar surface area (TPSA) is 35.2 Å². The highest BCUT2D eigenvalue weighted by Crippen LogP contribution is 2.29. The molecule has 0 spiro atoms. The van der Waals surface area contributed by atoms with Gasteiger partial charge in [0.1, 0.15) is 17.3 Å². The lowest BCUT2D eigenvalue weighted by Gasteiger charge is -2.11. The van der Waals surface area contributed by atoms with Gasteiger partial charge in [-0.05, 0) is 67.4 Å². The number of aryl methyl sites for hydroxylation is 1. The predicted octanol–water partition coefficient (Wildman–Crippen LogP) is 4.19. The van der Waals surface area contributed by atoms with Crippen LogP contribution >= 0.6 is 15.9 Å². The van der Waals surface area contributed by atoms with Gasteiger partial charge in [-0.15, -0.1) is 0 Å². The van der Waals surface area contributed by atoms with E-state index in [1.54, 1.807) is 6.07 Å². The van der Waals surface area contributed by atoms with Crippen LogP contribution in [0.1, 0.15) is 11.1 Å². The molecule has 19 heavy (non-hydrogen) atoms. The fraction of sp³-hybridized carbons (Fsp3) is 0.200. The first-order valence-corrected chi connectivity index (χ1v) is 6.82. The summed E-state index contributed by atoms with van der Waals surface area (Å²) in [5, 5.41) is 0. The average molecular weight is 324 g/mol. The Hall–Kier alpha value is -1.39. The Morgan fingerprint density at radius 1 is 1.21 bits per heavy atom. The molecule has 0 aliphatic carbocycles. The summed E-state index contributed by atoms with van der Waals surface area (Å²) in [6.07, 6.45) is 0.586. The van der Waals surface area contributed by atoms with E-state index in [4.69, 9.17) is 10.5 Å². The van der Waals surface area contributed by atoms with Crippen LogP contribution in [0.5, 0.6) is 11.5 Å². The third kappa shape index (κ3) is 3.55. The van der Waals surface area contributed by atoms with Crippen molar-refractivity contribution in [1.82, 2.24) is 0 Å². The Bertz CT molecular complexity index is 586. The summed E-state index contributed by atoms with van der Waals surface area (Å²) in [5.41, 5.74) is 7.40. The van der Waals surface area contributed by atoms with Gasteiger partial charge in [-0.1, -0.05) is 15.9 Å². The molecule has 4 heteroatoms. The number of rotatable bonds is 4. The number of hydrogen-bond acceptors (Lipinski definition) is 2. The van der Waals surface area contributed by atoms with Crippen LogP contribution in [-0.2, 0) is 6.42 Å². The van der Waals surface area contributed by atoms with Crippen LogP contribution in [0.15, 0.2) is 40.9 Å². The second-order valence-electron chi connectivity index (χ2n) is 4.30. The SMILES string of the molecule is Cc1cc(Oc2ccc(F)cc2CCN)ccc1Br. The third-order valence-electron chi connectivity index (χ3n) is 2.79. The van der Waals surface area contributed by atoms with Crippen LogP contribution in [0.3, 0.4) is 0 Å². The highest BCUT2D eigenvalue weighted by Gasteiger charge is 2.07. The molecule has 0 aliphatic heterocycles. The maximum absolute atomic E-state index is 13.2. The maximum atomic E-state index is 13.2. The zero-order valence-corrected chi connectivity index (χ0v) is 12.2. The van der Waals surface area contributed by atoms with Crippen molar-refractivity contribution in [2.45, 2.75) is 13.3 Å². The van der Waals surface area contributed by atoms with Crippen LogP contribution in [0.25, 0.3) is 0 Å². The number of hydrogen-bond donors (Lipinski definition) is 1. The molecule has 2 aromatic carbocycles. The van der Waals surface area contributed by atoms with E-state index < -0.39 is 0 Å². The zero-order valence-electron chi connectivity index (χ0n) is 10.6. The van der Waals surface area contributed by atoms with Crippen LogP contribution in [0, 0.1) is 12.7 Å². The first kappa shape index (κ1) is 14.0. The highest BCUT2D eigenvalue weighted by molar-refractivity contribution is 9.10. The van der Waals surface area contributed by atoms with Gasteiger partial charge in [-0.2, -0.15) is 0 Å². The molecule has 0 fully saturated rings. The molecule has 2 rings (SSSR count). The van der Waals surface area contributed by atoms with Gasteiger partial charge in [-0.3, -0.25) is 0 Å². The number of benzene rings is 2. The lowest BCUT2D eigenvalue weighted by Crippen LogP contribution is -2.04. The Balaban J connectivity index is 2.29. The van der Waals surface area contributed by atoms with Gasteiger partial charge < -0.3 is 10.5 Å². The molecule has 0 saturated heterocycles. The summed E-state index contributed by atoms with van der Waals surface area (Å²) in [5.74, 6) is 1.10. The zero-order chi connectivity index (χ0) is 13.8. The standard InChI is InChI=1S/C15H15BrFNO/c1-10-8-13(3-4-14(10)16)19-15-5-2-12(17)9-11(15)6-7-18/h2-5,8-9H,6-7,18H2,1H3. The summed E-state index contributed by atoms with van der Waals surface area (Å²) >= 11 is 3.44. The Labute approximate surface area is 120 Å². The summed E-state index contributed by atoms with van der Waals surface area (Å²) in [6, 6.07) is 10.2. The normalized spacial score (nSPS) is 10.5. The molecule has 0 radical (unpaired) electrons. The van der Waals surface area contributed by atoms with E-state index in [1.807, 2.05) is 25.1 Å². The minimum Gasteiger partial charge on any atom is -0.457 e. The van der Waals surface area contributed by atoms with Crippen molar-refractivity contribution >= 4 is 15.9 Å². The Morgan fingerprint density at radius 2 is 2.00 bits per heavy atom. The molecule has 2 nitrogen and oxygen atoms in total. The van der Waals surface area contributed by atoms with E-state index in [0.29, 0.717) is 18.7 Å². The maximum Gasteiger partial charge on any atom is 0.130 e. The summed E-state index contributed by atoms with van der Waals surface area (Å²) in [6.45, 7) is 2.45. The van der Waals surface area contributed by atoms with E-state index in [0.717, 1.165) is 21.3 Å². The van der Waals surface area contributed by atoms with Gasteiger partial charge in [0.05, 0.1) is 0 Å². The predicted molar refractivity (Wildman–Crippen MR) is 78.1 cm³/mol. The Kier molecular flexibility index (Phi) is 4.56. The van der Waals surface area contributed by atoms with Crippen LogP contribution < -0.4 is 10.5 Å². The summed E-state index contributed by atoms with van der Waals surface area (Å²) in [4.78, 5) is 0. The average Bonchev–Trinajstić information content (AvgIpc) is 2.37. The lowest BCUT2D eigenvalue weighted by molar-refractivity contribution is 0.473. The molecular formula is C15H15BrFNO. The summed E-state index contributed by atoms with van der Waals surface area (Å²) < 4.78 is 20.1.